The van der Waals surface area contributed by atoms with Gasteiger partial charge in [0.1, 0.15) is 0 Å². The molecule has 0 spiro atoms. The second-order valence-electron chi connectivity index (χ2n) is 7.21. The zero-order valence-corrected chi connectivity index (χ0v) is 13.7. The van der Waals surface area contributed by atoms with Crippen LogP contribution in [0.5, 0.6) is 0 Å². The summed E-state index contributed by atoms with van der Waals surface area (Å²) in [6.07, 6.45) is 6.56. The third-order valence-electron chi connectivity index (χ3n) is 4.65. The van der Waals surface area contributed by atoms with Crippen LogP contribution in [-0.2, 0) is 6.42 Å². The predicted octanol–water partition coefficient (Wildman–Crippen LogP) is 4.73. The van der Waals surface area contributed by atoms with E-state index in [4.69, 9.17) is 0 Å². The normalized spacial score (nSPS) is 28.3. The van der Waals surface area contributed by atoms with Crippen LogP contribution >= 0.6 is 0 Å². The average molecular weight is 273 g/mol. The zero-order valence-electron chi connectivity index (χ0n) is 13.7. The van der Waals surface area contributed by atoms with Crippen LogP contribution in [0.15, 0.2) is 24.3 Å². The Kier molecular flexibility index (Phi) is 5.65. The predicted molar refractivity (Wildman–Crippen MR) is 88.1 cm³/mol. The van der Waals surface area contributed by atoms with Crippen LogP contribution in [0.3, 0.4) is 0 Å². The summed E-state index contributed by atoms with van der Waals surface area (Å²) in [5.74, 6) is 1.78. The van der Waals surface area contributed by atoms with Crippen LogP contribution < -0.4 is 5.32 Å². The molecule has 1 aromatic rings. The highest BCUT2D eigenvalue weighted by Crippen LogP contribution is 2.28. The van der Waals surface area contributed by atoms with Gasteiger partial charge in [-0.2, -0.15) is 0 Å². The lowest BCUT2D eigenvalue weighted by atomic mass is 9.80. The van der Waals surface area contributed by atoms with E-state index in [0.717, 1.165) is 17.9 Å². The van der Waals surface area contributed by atoms with Crippen LogP contribution in [-0.4, -0.2) is 12.1 Å². The SMILES string of the molecule is Cc1cccc(CCC(C)NC2CC(C)CC(C)C2)c1. The molecule has 0 aromatic heterocycles. The summed E-state index contributed by atoms with van der Waals surface area (Å²) in [5, 5.41) is 3.86. The molecule has 1 heteroatoms. The van der Waals surface area contributed by atoms with E-state index < -0.39 is 0 Å². The second-order valence-corrected chi connectivity index (χ2v) is 7.21. The van der Waals surface area contributed by atoms with Crippen molar-refractivity contribution in [2.24, 2.45) is 11.8 Å². The van der Waals surface area contributed by atoms with E-state index in [2.05, 4.69) is 57.3 Å². The third-order valence-corrected chi connectivity index (χ3v) is 4.65. The van der Waals surface area contributed by atoms with Gasteiger partial charge >= 0.3 is 0 Å². The average Bonchev–Trinajstić information content (AvgIpc) is 2.35. The summed E-state index contributed by atoms with van der Waals surface area (Å²) in [6, 6.07) is 10.3. The topological polar surface area (TPSA) is 12.0 Å². The van der Waals surface area contributed by atoms with E-state index in [1.54, 1.807) is 0 Å². The Morgan fingerprint density at radius 1 is 1.15 bits per heavy atom. The third kappa shape index (κ3) is 4.94. The lowest BCUT2D eigenvalue weighted by Crippen LogP contribution is -2.41. The summed E-state index contributed by atoms with van der Waals surface area (Å²) in [5.41, 5.74) is 2.85. The Hall–Kier alpha value is -0.820. The standard InChI is InChI=1S/C19H31N/c1-14-6-5-7-18(11-14)9-8-17(4)20-19-12-15(2)10-16(3)13-19/h5-7,11,15-17,19-20H,8-10,12-13H2,1-4H3. The van der Waals surface area contributed by atoms with Gasteiger partial charge in [0, 0.05) is 12.1 Å². The molecule has 1 nitrogen and oxygen atoms in total. The van der Waals surface area contributed by atoms with Crippen LogP contribution in [0.1, 0.15) is 57.6 Å². The summed E-state index contributed by atoms with van der Waals surface area (Å²) >= 11 is 0. The molecule has 2 rings (SSSR count). The van der Waals surface area contributed by atoms with Crippen molar-refractivity contribution in [3.05, 3.63) is 35.4 Å². The number of hydrogen-bond acceptors (Lipinski definition) is 1. The molecule has 1 N–H and O–H groups in total. The fraction of sp³-hybridized carbons (Fsp3) is 0.684. The number of hydrogen-bond donors (Lipinski definition) is 1. The number of rotatable bonds is 5. The number of aryl methyl sites for hydroxylation is 2. The maximum atomic E-state index is 3.86. The van der Waals surface area contributed by atoms with Crippen molar-refractivity contribution in [2.45, 2.75) is 71.9 Å². The molecule has 0 aliphatic heterocycles. The molecule has 112 valence electrons. The second kappa shape index (κ2) is 7.26. The van der Waals surface area contributed by atoms with Crippen molar-refractivity contribution in [3.8, 4) is 0 Å². The van der Waals surface area contributed by atoms with E-state index in [9.17, 15) is 0 Å². The first-order valence-corrected chi connectivity index (χ1v) is 8.34. The largest absolute Gasteiger partial charge is 0.311 e. The molecule has 1 aliphatic carbocycles. The molecule has 0 radical (unpaired) electrons. The van der Waals surface area contributed by atoms with Gasteiger partial charge in [-0.1, -0.05) is 43.7 Å². The first-order valence-electron chi connectivity index (χ1n) is 8.34. The monoisotopic (exact) mass is 273 g/mol. The van der Waals surface area contributed by atoms with Crippen molar-refractivity contribution in [3.63, 3.8) is 0 Å². The summed E-state index contributed by atoms with van der Waals surface area (Å²) in [4.78, 5) is 0. The Labute approximate surface area is 125 Å². The van der Waals surface area contributed by atoms with Gasteiger partial charge in [-0.05, 0) is 63.4 Å². The highest BCUT2D eigenvalue weighted by atomic mass is 14.9. The molecule has 0 saturated heterocycles. The fourth-order valence-corrected chi connectivity index (χ4v) is 3.82. The van der Waals surface area contributed by atoms with Crippen molar-refractivity contribution in [1.82, 2.24) is 5.32 Å². The van der Waals surface area contributed by atoms with Crippen molar-refractivity contribution < 1.29 is 0 Å². The van der Waals surface area contributed by atoms with Gasteiger partial charge in [0.05, 0.1) is 0 Å². The van der Waals surface area contributed by atoms with Gasteiger partial charge in [0.2, 0.25) is 0 Å². The smallest absolute Gasteiger partial charge is 0.00746 e. The lowest BCUT2D eigenvalue weighted by Gasteiger charge is -2.34. The molecule has 1 aliphatic rings. The summed E-state index contributed by atoms with van der Waals surface area (Å²) < 4.78 is 0. The van der Waals surface area contributed by atoms with E-state index in [-0.39, 0.29) is 0 Å². The minimum atomic E-state index is 0.623. The summed E-state index contributed by atoms with van der Waals surface area (Å²) in [6.45, 7) is 9.33. The van der Waals surface area contributed by atoms with Crippen LogP contribution in [0.25, 0.3) is 0 Å². The van der Waals surface area contributed by atoms with Crippen molar-refractivity contribution in [2.75, 3.05) is 0 Å². The minimum Gasteiger partial charge on any atom is -0.311 e. The molecule has 1 aromatic carbocycles. The van der Waals surface area contributed by atoms with E-state index in [1.165, 1.54) is 43.2 Å². The fourth-order valence-electron chi connectivity index (χ4n) is 3.82. The van der Waals surface area contributed by atoms with Gasteiger partial charge < -0.3 is 5.32 Å². The molecule has 1 saturated carbocycles. The number of nitrogens with one attached hydrogen (secondary N) is 1. The maximum absolute atomic E-state index is 3.86. The van der Waals surface area contributed by atoms with E-state index in [1.807, 2.05) is 0 Å². The Morgan fingerprint density at radius 2 is 1.85 bits per heavy atom. The van der Waals surface area contributed by atoms with E-state index >= 15 is 0 Å². The van der Waals surface area contributed by atoms with Gasteiger partial charge in [-0.15, -0.1) is 0 Å². The van der Waals surface area contributed by atoms with Gasteiger partial charge in [-0.3, -0.25) is 0 Å². The summed E-state index contributed by atoms with van der Waals surface area (Å²) in [7, 11) is 0. The molecular formula is C19H31N. The van der Waals surface area contributed by atoms with Gasteiger partial charge in [0.15, 0.2) is 0 Å². The van der Waals surface area contributed by atoms with Crippen molar-refractivity contribution >= 4 is 0 Å². The van der Waals surface area contributed by atoms with Gasteiger partial charge in [-0.25, -0.2) is 0 Å². The maximum Gasteiger partial charge on any atom is 0.00746 e. The Balaban J connectivity index is 1.76. The van der Waals surface area contributed by atoms with Crippen LogP contribution in [0.4, 0.5) is 0 Å². The van der Waals surface area contributed by atoms with Gasteiger partial charge in [0.25, 0.3) is 0 Å². The highest BCUT2D eigenvalue weighted by molar-refractivity contribution is 5.22. The van der Waals surface area contributed by atoms with E-state index in [0.29, 0.717) is 6.04 Å². The molecule has 1 fully saturated rings. The molecule has 20 heavy (non-hydrogen) atoms. The van der Waals surface area contributed by atoms with Crippen LogP contribution in [0.2, 0.25) is 0 Å². The highest BCUT2D eigenvalue weighted by Gasteiger charge is 2.24. The van der Waals surface area contributed by atoms with Crippen molar-refractivity contribution in [1.29, 1.82) is 0 Å². The zero-order chi connectivity index (χ0) is 14.5. The Morgan fingerprint density at radius 3 is 2.50 bits per heavy atom. The molecule has 0 heterocycles. The first kappa shape index (κ1) is 15.6. The molecule has 0 amide bonds. The lowest BCUT2D eigenvalue weighted by molar-refractivity contribution is 0.226. The first-order chi connectivity index (χ1) is 9.52. The minimum absolute atomic E-state index is 0.623. The molecule has 3 atom stereocenters. The quantitative estimate of drug-likeness (QED) is 0.817. The molecular weight excluding hydrogens is 242 g/mol. The molecule has 3 unspecified atom stereocenters. The molecule has 0 bridgehead atoms. The number of benzene rings is 1. The Bertz CT molecular complexity index is 402. The van der Waals surface area contributed by atoms with Crippen LogP contribution in [0, 0.1) is 18.8 Å².